The van der Waals surface area contributed by atoms with Crippen LogP contribution in [0.1, 0.15) is 11.6 Å². The topological polar surface area (TPSA) is 58.4 Å². The molecule has 1 aliphatic heterocycles. The molecule has 1 atom stereocenters. The van der Waals surface area contributed by atoms with Gasteiger partial charge in [-0.25, -0.2) is 4.39 Å². The fourth-order valence-corrected chi connectivity index (χ4v) is 2.27. The van der Waals surface area contributed by atoms with Crippen molar-refractivity contribution in [2.24, 2.45) is 0 Å². The van der Waals surface area contributed by atoms with E-state index in [4.69, 9.17) is 0 Å². The number of halogens is 2. The quantitative estimate of drug-likeness (QED) is 0.668. The Morgan fingerprint density at radius 3 is 2.68 bits per heavy atom. The van der Waals surface area contributed by atoms with Crippen molar-refractivity contribution >= 4 is 5.69 Å². The zero-order chi connectivity index (χ0) is 13.8. The van der Waals surface area contributed by atoms with Gasteiger partial charge in [-0.1, -0.05) is 6.07 Å². The van der Waals surface area contributed by atoms with E-state index >= 15 is 0 Å². The first-order valence-corrected chi connectivity index (χ1v) is 6.08. The van der Waals surface area contributed by atoms with Crippen LogP contribution in [-0.4, -0.2) is 42.7 Å². The SMILES string of the molecule is O=[N+]([O-])c1cc([C@@H](CF)N2CCNCC2)ccc1F. The van der Waals surface area contributed by atoms with E-state index in [0.29, 0.717) is 18.7 Å². The molecular weight excluding hydrogens is 256 g/mol. The van der Waals surface area contributed by atoms with E-state index in [1.54, 1.807) is 0 Å². The molecule has 0 spiro atoms. The maximum atomic E-state index is 13.3. The average molecular weight is 271 g/mol. The van der Waals surface area contributed by atoms with Crippen molar-refractivity contribution in [1.29, 1.82) is 0 Å². The Morgan fingerprint density at radius 2 is 2.11 bits per heavy atom. The Morgan fingerprint density at radius 1 is 1.42 bits per heavy atom. The summed E-state index contributed by atoms with van der Waals surface area (Å²) in [6.45, 7) is 2.18. The molecule has 7 heteroatoms. The van der Waals surface area contributed by atoms with E-state index in [2.05, 4.69) is 5.32 Å². The van der Waals surface area contributed by atoms with Crippen LogP contribution in [0.4, 0.5) is 14.5 Å². The second-order valence-corrected chi connectivity index (χ2v) is 4.42. The summed E-state index contributed by atoms with van der Waals surface area (Å²) in [6.07, 6.45) is 0. The monoisotopic (exact) mass is 271 g/mol. The van der Waals surface area contributed by atoms with Gasteiger partial charge >= 0.3 is 5.69 Å². The molecule has 1 aromatic rings. The summed E-state index contributed by atoms with van der Waals surface area (Å²) in [6, 6.07) is 3.01. The van der Waals surface area contributed by atoms with Crippen molar-refractivity contribution in [3.63, 3.8) is 0 Å². The molecule has 1 fully saturated rings. The van der Waals surface area contributed by atoms with Gasteiger partial charge in [0.1, 0.15) is 6.67 Å². The molecule has 1 N–H and O–H groups in total. The zero-order valence-electron chi connectivity index (χ0n) is 10.3. The van der Waals surface area contributed by atoms with Crippen LogP contribution in [0.25, 0.3) is 0 Å². The van der Waals surface area contributed by atoms with Crippen LogP contribution in [0.15, 0.2) is 18.2 Å². The summed E-state index contributed by atoms with van der Waals surface area (Å²) >= 11 is 0. The zero-order valence-corrected chi connectivity index (χ0v) is 10.3. The molecule has 0 aromatic heterocycles. The standard InChI is InChI=1S/C12H15F2N3O2/c13-8-12(16-5-3-15-4-6-16)9-1-2-10(14)11(7-9)17(18)19/h1-2,7,12,15H,3-6,8H2/t12-/m1/s1. The smallest absolute Gasteiger partial charge is 0.305 e. The molecule has 1 heterocycles. The molecule has 0 amide bonds. The molecule has 1 saturated heterocycles. The van der Waals surface area contributed by atoms with Crippen LogP contribution in [0.3, 0.4) is 0 Å². The Labute approximate surface area is 109 Å². The lowest BCUT2D eigenvalue weighted by Gasteiger charge is -2.33. The fourth-order valence-electron chi connectivity index (χ4n) is 2.27. The van der Waals surface area contributed by atoms with Gasteiger partial charge in [-0.05, 0) is 11.6 Å². The minimum Gasteiger partial charge on any atom is -0.314 e. The number of benzene rings is 1. The first-order valence-electron chi connectivity index (χ1n) is 6.08. The van der Waals surface area contributed by atoms with Crippen molar-refractivity contribution in [2.75, 3.05) is 32.9 Å². The Hall–Kier alpha value is -1.60. The van der Waals surface area contributed by atoms with Gasteiger partial charge in [0.25, 0.3) is 0 Å². The third kappa shape index (κ3) is 3.05. The summed E-state index contributed by atoms with van der Waals surface area (Å²) in [7, 11) is 0. The van der Waals surface area contributed by atoms with Gasteiger partial charge in [0.05, 0.1) is 11.0 Å². The number of nitro benzene ring substituents is 1. The molecule has 0 saturated carbocycles. The molecule has 0 bridgehead atoms. The molecular formula is C12H15F2N3O2. The van der Waals surface area contributed by atoms with Gasteiger partial charge in [-0.15, -0.1) is 0 Å². The van der Waals surface area contributed by atoms with Gasteiger partial charge in [-0.3, -0.25) is 15.0 Å². The van der Waals surface area contributed by atoms with Crippen LogP contribution < -0.4 is 5.32 Å². The molecule has 0 aliphatic carbocycles. The Bertz CT molecular complexity index is 464. The lowest BCUT2D eigenvalue weighted by molar-refractivity contribution is -0.387. The number of hydrogen-bond donors (Lipinski definition) is 1. The van der Waals surface area contributed by atoms with Gasteiger partial charge in [0.2, 0.25) is 5.82 Å². The van der Waals surface area contributed by atoms with Crippen molar-refractivity contribution in [1.82, 2.24) is 10.2 Å². The van der Waals surface area contributed by atoms with Crippen LogP contribution in [0.5, 0.6) is 0 Å². The molecule has 0 unspecified atom stereocenters. The highest BCUT2D eigenvalue weighted by Crippen LogP contribution is 2.27. The van der Waals surface area contributed by atoms with Crippen LogP contribution >= 0.6 is 0 Å². The van der Waals surface area contributed by atoms with Crippen LogP contribution in [-0.2, 0) is 0 Å². The number of piperazine rings is 1. The predicted molar refractivity (Wildman–Crippen MR) is 66.2 cm³/mol. The Kier molecular flexibility index (Phi) is 4.39. The van der Waals surface area contributed by atoms with Crippen molar-refractivity contribution in [3.8, 4) is 0 Å². The summed E-state index contributed by atoms with van der Waals surface area (Å²) in [5.74, 6) is -0.897. The van der Waals surface area contributed by atoms with Crippen molar-refractivity contribution < 1.29 is 13.7 Å². The second kappa shape index (κ2) is 6.03. The lowest BCUT2D eigenvalue weighted by Crippen LogP contribution is -2.45. The molecule has 5 nitrogen and oxygen atoms in total. The van der Waals surface area contributed by atoms with Crippen molar-refractivity contribution in [3.05, 3.63) is 39.7 Å². The number of nitrogens with zero attached hydrogens (tertiary/aromatic N) is 2. The summed E-state index contributed by atoms with van der Waals surface area (Å²) in [5, 5.41) is 13.9. The lowest BCUT2D eigenvalue weighted by atomic mass is 10.0. The fraction of sp³-hybridized carbons (Fsp3) is 0.500. The summed E-state index contributed by atoms with van der Waals surface area (Å²) in [4.78, 5) is 11.8. The van der Waals surface area contributed by atoms with Crippen LogP contribution in [0, 0.1) is 15.9 Å². The van der Waals surface area contributed by atoms with E-state index in [9.17, 15) is 18.9 Å². The number of rotatable bonds is 4. The predicted octanol–water partition coefficient (Wildman–Crippen LogP) is 1.65. The Balaban J connectivity index is 2.27. The second-order valence-electron chi connectivity index (χ2n) is 4.42. The molecule has 1 aliphatic rings. The maximum absolute atomic E-state index is 13.3. The maximum Gasteiger partial charge on any atom is 0.305 e. The number of alkyl halides is 1. The average Bonchev–Trinajstić information content (AvgIpc) is 2.42. The summed E-state index contributed by atoms with van der Waals surface area (Å²) < 4.78 is 26.5. The third-order valence-electron chi connectivity index (χ3n) is 3.29. The molecule has 1 aromatic carbocycles. The van der Waals surface area contributed by atoms with E-state index in [1.165, 1.54) is 6.07 Å². The molecule has 104 valence electrons. The van der Waals surface area contributed by atoms with Gasteiger partial charge < -0.3 is 5.32 Å². The van der Waals surface area contributed by atoms with Gasteiger partial charge in [0.15, 0.2) is 0 Å². The first kappa shape index (κ1) is 13.8. The van der Waals surface area contributed by atoms with Crippen LogP contribution in [0.2, 0.25) is 0 Å². The molecule has 0 radical (unpaired) electrons. The molecule has 2 rings (SSSR count). The first-order chi connectivity index (χ1) is 9.13. The normalized spacial score (nSPS) is 18.2. The number of nitrogens with one attached hydrogen (secondary N) is 1. The largest absolute Gasteiger partial charge is 0.314 e. The highest BCUT2D eigenvalue weighted by Gasteiger charge is 2.25. The van der Waals surface area contributed by atoms with Gasteiger partial charge in [-0.2, -0.15) is 4.39 Å². The molecule has 19 heavy (non-hydrogen) atoms. The van der Waals surface area contributed by atoms with E-state index in [-0.39, 0.29) is 0 Å². The van der Waals surface area contributed by atoms with E-state index < -0.39 is 29.1 Å². The number of hydrogen-bond acceptors (Lipinski definition) is 4. The van der Waals surface area contributed by atoms with E-state index in [1.807, 2.05) is 4.90 Å². The summed E-state index contributed by atoms with van der Waals surface area (Å²) in [5.41, 5.74) is -0.163. The third-order valence-corrected chi connectivity index (χ3v) is 3.29. The van der Waals surface area contributed by atoms with Gasteiger partial charge in [0, 0.05) is 32.2 Å². The highest BCUT2D eigenvalue weighted by atomic mass is 19.1. The highest BCUT2D eigenvalue weighted by molar-refractivity contribution is 5.37. The minimum atomic E-state index is -0.897. The number of nitro groups is 1. The van der Waals surface area contributed by atoms with E-state index in [0.717, 1.165) is 25.2 Å². The minimum absolute atomic E-state index is 0.442. The van der Waals surface area contributed by atoms with Crippen molar-refractivity contribution in [2.45, 2.75) is 6.04 Å².